The summed E-state index contributed by atoms with van der Waals surface area (Å²) in [5.41, 5.74) is 1.59. The highest BCUT2D eigenvalue weighted by molar-refractivity contribution is 8.00. The van der Waals surface area contributed by atoms with Gasteiger partial charge in [-0.05, 0) is 31.2 Å². The van der Waals surface area contributed by atoms with E-state index in [2.05, 4.69) is 0 Å². The summed E-state index contributed by atoms with van der Waals surface area (Å²) in [4.78, 5) is 24.4. The highest BCUT2D eigenvalue weighted by Gasteiger charge is 2.23. The predicted molar refractivity (Wildman–Crippen MR) is 88.9 cm³/mol. The number of carboxylic acid groups (broad SMARTS) is 1. The van der Waals surface area contributed by atoms with Gasteiger partial charge >= 0.3 is 5.97 Å². The highest BCUT2D eigenvalue weighted by atomic mass is 35.5. The van der Waals surface area contributed by atoms with Crippen LogP contribution in [0.2, 0.25) is 5.02 Å². The number of Topliss-reactive ketones (excluding diaryl/α,β-unsaturated/α-hetero) is 1. The van der Waals surface area contributed by atoms with Crippen molar-refractivity contribution in [1.29, 1.82) is 0 Å². The van der Waals surface area contributed by atoms with Crippen molar-refractivity contribution in [3.05, 3.63) is 64.7 Å². The van der Waals surface area contributed by atoms with Gasteiger partial charge in [-0.3, -0.25) is 9.59 Å². The van der Waals surface area contributed by atoms with Gasteiger partial charge in [0.1, 0.15) is 5.25 Å². The highest BCUT2D eigenvalue weighted by Crippen LogP contribution is 2.28. The lowest BCUT2D eigenvalue weighted by molar-refractivity contribution is -0.136. The average Bonchev–Trinajstić information content (AvgIpc) is 2.49. The largest absolute Gasteiger partial charge is 0.480 e. The van der Waals surface area contributed by atoms with Crippen LogP contribution in [0.4, 0.5) is 0 Å². The van der Waals surface area contributed by atoms with E-state index >= 15 is 0 Å². The van der Waals surface area contributed by atoms with Crippen molar-refractivity contribution in [3.8, 4) is 0 Å². The molecular formula is C17H15ClO3S. The summed E-state index contributed by atoms with van der Waals surface area (Å²) in [6.45, 7) is 1.94. The van der Waals surface area contributed by atoms with Gasteiger partial charge in [-0.15, -0.1) is 11.8 Å². The van der Waals surface area contributed by atoms with Gasteiger partial charge in [0, 0.05) is 21.9 Å². The second-order valence-electron chi connectivity index (χ2n) is 4.89. The molecule has 0 unspecified atom stereocenters. The molecule has 1 atom stereocenters. The summed E-state index contributed by atoms with van der Waals surface area (Å²) in [6.07, 6.45) is -0.0499. The molecule has 2 aromatic rings. The fourth-order valence-corrected chi connectivity index (χ4v) is 2.97. The minimum Gasteiger partial charge on any atom is -0.480 e. The molecule has 0 saturated heterocycles. The Hall–Kier alpha value is -1.78. The standard InChI is InChI=1S/C17H15ClO3S/c1-11-2-4-12(5-3-11)15(19)10-16(17(20)21)22-14-8-6-13(18)7-9-14/h2-9,16H,10H2,1H3,(H,20,21)/t16-/m1/s1. The first-order chi connectivity index (χ1) is 10.5. The van der Waals surface area contributed by atoms with Crippen LogP contribution in [0.1, 0.15) is 22.3 Å². The van der Waals surface area contributed by atoms with E-state index in [4.69, 9.17) is 11.6 Å². The van der Waals surface area contributed by atoms with Crippen molar-refractivity contribution in [1.82, 2.24) is 0 Å². The molecule has 0 aliphatic carbocycles. The van der Waals surface area contributed by atoms with Gasteiger partial charge < -0.3 is 5.11 Å². The molecule has 0 aliphatic rings. The van der Waals surface area contributed by atoms with Crippen LogP contribution in [0.5, 0.6) is 0 Å². The Bertz CT molecular complexity index is 665. The molecule has 3 nitrogen and oxygen atoms in total. The van der Waals surface area contributed by atoms with Crippen LogP contribution >= 0.6 is 23.4 Å². The minimum absolute atomic E-state index is 0.0499. The van der Waals surface area contributed by atoms with Crippen LogP contribution in [0, 0.1) is 6.92 Å². The first-order valence-corrected chi connectivity index (χ1v) is 7.96. The van der Waals surface area contributed by atoms with E-state index in [1.165, 1.54) is 0 Å². The van der Waals surface area contributed by atoms with E-state index in [-0.39, 0.29) is 12.2 Å². The third-order valence-corrected chi connectivity index (χ3v) is 4.56. The van der Waals surface area contributed by atoms with E-state index in [0.717, 1.165) is 22.2 Å². The number of ketones is 1. The smallest absolute Gasteiger partial charge is 0.317 e. The number of benzene rings is 2. The summed E-state index contributed by atoms with van der Waals surface area (Å²) in [5.74, 6) is -1.17. The first kappa shape index (κ1) is 16.6. The lowest BCUT2D eigenvalue weighted by Crippen LogP contribution is -2.20. The molecule has 5 heteroatoms. The Labute approximate surface area is 138 Å². The number of aliphatic carboxylic acids is 1. The number of thioether (sulfide) groups is 1. The molecule has 1 N–H and O–H groups in total. The number of hydrogen-bond acceptors (Lipinski definition) is 3. The summed E-state index contributed by atoms with van der Waals surface area (Å²) in [7, 11) is 0. The van der Waals surface area contributed by atoms with Crippen molar-refractivity contribution in [2.75, 3.05) is 0 Å². The van der Waals surface area contributed by atoms with E-state index in [0.29, 0.717) is 10.6 Å². The molecule has 0 radical (unpaired) electrons. The average molecular weight is 335 g/mol. The van der Waals surface area contributed by atoms with Crippen LogP contribution in [0.3, 0.4) is 0 Å². The maximum Gasteiger partial charge on any atom is 0.317 e. The maximum atomic E-state index is 12.2. The van der Waals surface area contributed by atoms with E-state index in [1.54, 1.807) is 36.4 Å². The molecule has 0 bridgehead atoms. The molecule has 2 aromatic carbocycles. The third kappa shape index (κ3) is 4.61. The zero-order chi connectivity index (χ0) is 16.1. The van der Waals surface area contributed by atoms with Crippen LogP contribution in [-0.4, -0.2) is 22.1 Å². The number of carboxylic acids is 1. The Morgan fingerprint density at radius 3 is 2.23 bits per heavy atom. The van der Waals surface area contributed by atoms with Crippen molar-refractivity contribution in [3.63, 3.8) is 0 Å². The third-order valence-electron chi connectivity index (χ3n) is 3.11. The number of aryl methyl sites for hydroxylation is 1. The number of hydrogen-bond donors (Lipinski definition) is 1. The van der Waals surface area contributed by atoms with Crippen molar-refractivity contribution >= 4 is 35.1 Å². The lowest BCUT2D eigenvalue weighted by Gasteiger charge is -2.11. The molecule has 0 heterocycles. The molecule has 0 amide bonds. The molecule has 22 heavy (non-hydrogen) atoms. The fourth-order valence-electron chi connectivity index (χ4n) is 1.88. The molecule has 0 aromatic heterocycles. The van der Waals surface area contributed by atoms with Gasteiger partial charge in [-0.1, -0.05) is 41.4 Å². The second kappa shape index (κ2) is 7.47. The molecule has 0 saturated carbocycles. The van der Waals surface area contributed by atoms with Crippen LogP contribution in [0.25, 0.3) is 0 Å². The van der Waals surface area contributed by atoms with Crippen molar-refractivity contribution in [2.45, 2.75) is 23.5 Å². The quantitative estimate of drug-likeness (QED) is 0.625. The van der Waals surface area contributed by atoms with E-state index < -0.39 is 11.2 Å². The summed E-state index contributed by atoms with van der Waals surface area (Å²) in [6, 6.07) is 14.0. The zero-order valence-electron chi connectivity index (χ0n) is 12.0. The summed E-state index contributed by atoms with van der Waals surface area (Å²) >= 11 is 6.96. The molecule has 0 fully saturated rings. The maximum absolute atomic E-state index is 12.2. The Morgan fingerprint density at radius 2 is 1.68 bits per heavy atom. The Kier molecular flexibility index (Phi) is 5.63. The molecule has 0 aliphatic heterocycles. The predicted octanol–water partition coefficient (Wildman–Crippen LogP) is 4.47. The number of carbonyl (C=O) groups excluding carboxylic acids is 1. The van der Waals surface area contributed by atoms with Gasteiger partial charge in [-0.2, -0.15) is 0 Å². The van der Waals surface area contributed by atoms with Crippen molar-refractivity contribution < 1.29 is 14.7 Å². The minimum atomic E-state index is -1.000. The molecule has 2 rings (SSSR count). The normalized spacial score (nSPS) is 11.9. The van der Waals surface area contributed by atoms with Crippen molar-refractivity contribution in [2.24, 2.45) is 0 Å². The number of halogens is 1. The van der Waals surface area contributed by atoms with Crippen LogP contribution < -0.4 is 0 Å². The lowest BCUT2D eigenvalue weighted by atomic mass is 10.1. The molecule has 114 valence electrons. The number of rotatable bonds is 6. The van der Waals surface area contributed by atoms with Gasteiger partial charge in [0.05, 0.1) is 0 Å². The number of carbonyl (C=O) groups is 2. The monoisotopic (exact) mass is 334 g/mol. The van der Waals surface area contributed by atoms with Gasteiger partial charge in [-0.25, -0.2) is 0 Å². The first-order valence-electron chi connectivity index (χ1n) is 6.70. The second-order valence-corrected chi connectivity index (χ2v) is 6.60. The summed E-state index contributed by atoms with van der Waals surface area (Å²) in [5, 5.41) is 9.10. The van der Waals surface area contributed by atoms with E-state index in [1.807, 2.05) is 19.1 Å². The van der Waals surface area contributed by atoms with Gasteiger partial charge in [0.25, 0.3) is 0 Å². The molecular weight excluding hydrogens is 320 g/mol. The van der Waals surface area contributed by atoms with Gasteiger partial charge in [0.15, 0.2) is 5.78 Å². The van der Waals surface area contributed by atoms with Crippen LogP contribution in [0.15, 0.2) is 53.4 Å². The molecule has 0 spiro atoms. The zero-order valence-corrected chi connectivity index (χ0v) is 13.5. The summed E-state index contributed by atoms with van der Waals surface area (Å²) < 4.78 is 0. The fraction of sp³-hybridized carbons (Fsp3) is 0.176. The SMILES string of the molecule is Cc1ccc(C(=O)C[C@@H](Sc2ccc(Cl)cc2)C(=O)O)cc1. The van der Waals surface area contributed by atoms with Crippen LogP contribution in [-0.2, 0) is 4.79 Å². The topological polar surface area (TPSA) is 54.4 Å². The van der Waals surface area contributed by atoms with Gasteiger partial charge in [0.2, 0.25) is 0 Å². The Balaban J connectivity index is 2.08. The van der Waals surface area contributed by atoms with E-state index in [9.17, 15) is 14.7 Å². The Morgan fingerprint density at radius 1 is 1.09 bits per heavy atom.